The number of piperazine rings is 1. The second-order valence-corrected chi connectivity index (χ2v) is 6.26. The zero-order chi connectivity index (χ0) is 13.0. The third-order valence-corrected chi connectivity index (χ3v) is 5.01. The molecule has 2 aliphatic rings. The lowest BCUT2D eigenvalue weighted by Gasteiger charge is -2.47. The molecule has 18 heavy (non-hydrogen) atoms. The zero-order valence-electron chi connectivity index (χ0n) is 12.3. The van der Waals surface area contributed by atoms with Crippen LogP contribution in [0.3, 0.4) is 0 Å². The zero-order valence-corrected chi connectivity index (χ0v) is 12.3. The Morgan fingerprint density at radius 1 is 1.11 bits per heavy atom. The van der Waals surface area contributed by atoms with Gasteiger partial charge in [0.25, 0.3) is 0 Å². The Labute approximate surface area is 113 Å². The first-order valence-electron chi connectivity index (χ1n) is 7.91. The minimum absolute atomic E-state index is 0.278. The van der Waals surface area contributed by atoms with Gasteiger partial charge in [0, 0.05) is 44.8 Å². The van der Waals surface area contributed by atoms with E-state index in [9.17, 15) is 0 Å². The molecule has 0 radical (unpaired) electrons. The highest BCUT2D eigenvalue weighted by molar-refractivity contribution is 4.93. The maximum absolute atomic E-state index is 6.11. The molecule has 0 aromatic rings. The van der Waals surface area contributed by atoms with E-state index in [0.717, 1.165) is 12.5 Å². The van der Waals surface area contributed by atoms with Crippen LogP contribution in [0, 0.1) is 5.92 Å². The Kier molecular flexibility index (Phi) is 5.05. The number of hydrogen-bond acceptors (Lipinski definition) is 3. The van der Waals surface area contributed by atoms with E-state index in [4.69, 9.17) is 5.73 Å². The standard InChI is InChI=1S/C15H31N3/c1-3-7-15(4-2,13-16)18-10-8-17(9-11-18)12-14-5-6-14/h14H,3-13,16H2,1-2H3. The van der Waals surface area contributed by atoms with Crippen molar-refractivity contribution >= 4 is 0 Å². The Balaban J connectivity index is 1.85. The molecule has 2 fully saturated rings. The summed E-state index contributed by atoms with van der Waals surface area (Å²) >= 11 is 0. The van der Waals surface area contributed by atoms with Crippen LogP contribution in [-0.2, 0) is 0 Å². The van der Waals surface area contributed by atoms with E-state index in [1.54, 1.807) is 0 Å². The van der Waals surface area contributed by atoms with Crippen LogP contribution in [0.15, 0.2) is 0 Å². The molecule has 2 rings (SSSR count). The van der Waals surface area contributed by atoms with Crippen LogP contribution in [0.1, 0.15) is 46.0 Å². The number of nitrogens with two attached hydrogens (primary N) is 1. The van der Waals surface area contributed by atoms with E-state index in [-0.39, 0.29) is 5.54 Å². The minimum Gasteiger partial charge on any atom is -0.329 e. The minimum atomic E-state index is 0.278. The topological polar surface area (TPSA) is 32.5 Å². The average Bonchev–Trinajstić information content (AvgIpc) is 3.21. The fourth-order valence-electron chi connectivity index (χ4n) is 3.47. The summed E-state index contributed by atoms with van der Waals surface area (Å²) in [6, 6.07) is 0. The Morgan fingerprint density at radius 3 is 2.22 bits per heavy atom. The molecule has 0 aromatic carbocycles. The van der Waals surface area contributed by atoms with Gasteiger partial charge in [-0.05, 0) is 31.6 Å². The number of hydrogen-bond donors (Lipinski definition) is 1. The van der Waals surface area contributed by atoms with Crippen LogP contribution in [0.25, 0.3) is 0 Å². The van der Waals surface area contributed by atoms with Gasteiger partial charge in [-0.1, -0.05) is 20.3 Å². The molecule has 1 heterocycles. The molecular weight excluding hydrogens is 222 g/mol. The molecule has 1 saturated carbocycles. The van der Waals surface area contributed by atoms with Crippen LogP contribution in [0.4, 0.5) is 0 Å². The summed E-state index contributed by atoms with van der Waals surface area (Å²) in [5, 5.41) is 0. The summed E-state index contributed by atoms with van der Waals surface area (Å²) in [4.78, 5) is 5.34. The molecule has 0 amide bonds. The molecule has 3 heteroatoms. The average molecular weight is 253 g/mol. The number of nitrogens with zero attached hydrogens (tertiary/aromatic N) is 2. The van der Waals surface area contributed by atoms with Crippen LogP contribution >= 0.6 is 0 Å². The van der Waals surface area contributed by atoms with E-state index in [1.165, 1.54) is 64.8 Å². The largest absolute Gasteiger partial charge is 0.329 e. The van der Waals surface area contributed by atoms with Gasteiger partial charge in [0.2, 0.25) is 0 Å². The summed E-state index contributed by atoms with van der Waals surface area (Å²) in [6.07, 6.45) is 6.63. The van der Waals surface area contributed by atoms with Gasteiger partial charge >= 0.3 is 0 Å². The van der Waals surface area contributed by atoms with Crippen molar-refractivity contribution in [2.75, 3.05) is 39.3 Å². The predicted octanol–water partition coefficient (Wildman–Crippen LogP) is 1.92. The van der Waals surface area contributed by atoms with Gasteiger partial charge in [0.05, 0.1) is 0 Å². The summed E-state index contributed by atoms with van der Waals surface area (Å²) in [5.74, 6) is 1.03. The fraction of sp³-hybridized carbons (Fsp3) is 1.00. The van der Waals surface area contributed by atoms with Crippen molar-refractivity contribution in [3.8, 4) is 0 Å². The highest BCUT2D eigenvalue weighted by Crippen LogP contribution is 2.31. The van der Waals surface area contributed by atoms with Gasteiger partial charge in [-0.25, -0.2) is 0 Å². The highest BCUT2D eigenvalue weighted by Gasteiger charge is 2.35. The van der Waals surface area contributed by atoms with E-state index in [1.807, 2.05) is 0 Å². The maximum Gasteiger partial charge on any atom is 0.0330 e. The lowest BCUT2D eigenvalue weighted by Crippen LogP contribution is -2.60. The molecule has 1 atom stereocenters. The van der Waals surface area contributed by atoms with Crippen molar-refractivity contribution in [2.45, 2.75) is 51.5 Å². The van der Waals surface area contributed by atoms with Crippen molar-refractivity contribution in [1.29, 1.82) is 0 Å². The number of rotatable bonds is 7. The van der Waals surface area contributed by atoms with Crippen LogP contribution in [0.2, 0.25) is 0 Å². The van der Waals surface area contributed by atoms with Gasteiger partial charge in [-0.3, -0.25) is 4.90 Å². The van der Waals surface area contributed by atoms with Crippen LogP contribution < -0.4 is 5.73 Å². The summed E-state index contributed by atoms with van der Waals surface area (Å²) < 4.78 is 0. The Hall–Kier alpha value is -0.120. The first kappa shape index (κ1) is 14.3. The van der Waals surface area contributed by atoms with E-state index in [0.29, 0.717) is 0 Å². The normalized spacial score (nSPS) is 26.2. The molecule has 1 aliphatic carbocycles. The predicted molar refractivity (Wildman–Crippen MR) is 77.7 cm³/mol. The van der Waals surface area contributed by atoms with Crippen molar-refractivity contribution in [3.63, 3.8) is 0 Å². The van der Waals surface area contributed by atoms with Crippen molar-refractivity contribution in [2.24, 2.45) is 11.7 Å². The smallest absolute Gasteiger partial charge is 0.0330 e. The molecule has 106 valence electrons. The Morgan fingerprint density at radius 2 is 1.78 bits per heavy atom. The SMILES string of the molecule is CCCC(CC)(CN)N1CCN(CC2CC2)CC1. The van der Waals surface area contributed by atoms with Gasteiger partial charge in [0.15, 0.2) is 0 Å². The molecule has 1 aliphatic heterocycles. The second kappa shape index (κ2) is 6.36. The first-order valence-corrected chi connectivity index (χ1v) is 7.91. The molecule has 0 bridgehead atoms. The fourth-order valence-corrected chi connectivity index (χ4v) is 3.47. The van der Waals surface area contributed by atoms with Gasteiger partial charge in [-0.15, -0.1) is 0 Å². The molecular formula is C15H31N3. The highest BCUT2D eigenvalue weighted by atomic mass is 15.3. The van der Waals surface area contributed by atoms with Gasteiger partial charge < -0.3 is 10.6 Å². The quantitative estimate of drug-likeness (QED) is 0.752. The maximum atomic E-state index is 6.11. The van der Waals surface area contributed by atoms with E-state index in [2.05, 4.69) is 23.6 Å². The third kappa shape index (κ3) is 3.25. The molecule has 0 aromatic heterocycles. The summed E-state index contributed by atoms with van der Waals surface area (Å²) in [6.45, 7) is 11.7. The molecule has 0 spiro atoms. The van der Waals surface area contributed by atoms with Crippen LogP contribution in [-0.4, -0.2) is 54.6 Å². The van der Waals surface area contributed by atoms with Crippen molar-refractivity contribution < 1.29 is 0 Å². The van der Waals surface area contributed by atoms with Gasteiger partial charge in [0.1, 0.15) is 0 Å². The molecule has 3 nitrogen and oxygen atoms in total. The molecule has 1 unspecified atom stereocenters. The van der Waals surface area contributed by atoms with Crippen LogP contribution in [0.5, 0.6) is 0 Å². The molecule has 2 N–H and O–H groups in total. The van der Waals surface area contributed by atoms with Gasteiger partial charge in [-0.2, -0.15) is 0 Å². The Bertz CT molecular complexity index is 238. The summed E-state index contributed by atoms with van der Waals surface area (Å²) in [7, 11) is 0. The lowest BCUT2D eigenvalue weighted by atomic mass is 9.88. The monoisotopic (exact) mass is 253 g/mol. The van der Waals surface area contributed by atoms with E-state index >= 15 is 0 Å². The first-order chi connectivity index (χ1) is 8.74. The third-order valence-electron chi connectivity index (χ3n) is 5.01. The van der Waals surface area contributed by atoms with Crippen molar-refractivity contribution in [3.05, 3.63) is 0 Å². The van der Waals surface area contributed by atoms with Crippen molar-refractivity contribution in [1.82, 2.24) is 9.80 Å². The second-order valence-electron chi connectivity index (χ2n) is 6.26. The molecule has 1 saturated heterocycles. The summed E-state index contributed by atoms with van der Waals surface area (Å²) in [5.41, 5.74) is 6.38. The van der Waals surface area contributed by atoms with E-state index < -0.39 is 0 Å². The lowest BCUT2D eigenvalue weighted by molar-refractivity contribution is 0.0261.